The summed E-state index contributed by atoms with van der Waals surface area (Å²) in [6.45, 7) is 1.21. The van der Waals surface area contributed by atoms with E-state index in [2.05, 4.69) is 10.3 Å². The topological polar surface area (TPSA) is 74.8 Å². The minimum atomic E-state index is -0.493. The fourth-order valence-electron chi connectivity index (χ4n) is 3.82. The molecule has 3 amide bonds. The van der Waals surface area contributed by atoms with Crippen molar-refractivity contribution in [2.45, 2.75) is 11.8 Å². The smallest absolute Gasteiger partial charge is 0.409 e. The first-order chi connectivity index (χ1) is 13.3. The number of urea groups is 1. The Morgan fingerprint density at radius 2 is 2.07 bits per heavy atom. The maximum atomic E-state index is 13.2. The highest BCUT2D eigenvalue weighted by molar-refractivity contribution is 7.14. The van der Waals surface area contributed by atoms with Crippen molar-refractivity contribution < 1.29 is 18.7 Å². The van der Waals surface area contributed by atoms with Crippen molar-refractivity contribution in [2.24, 2.45) is 0 Å². The van der Waals surface area contributed by atoms with E-state index in [0.29, 0.717) is 41.8 Å². The van der Waals surface area contributed by atoms with Gasteiger partial charge in [0, 0.05) is 25.0 Å². The van der Waals surface area contributed by atoms with Crippen LogP contribution in [0, 0.1) is 5.13 Å². The van der Waals surface area contributed by atoms with Crippen molar-refractivity contribution in [3.05, 3.63) is 39.1 Å². The van der Waals surface area contributed by atoms with Crippen LogP contribution in [-0.2, 0) is 10.2 Å². The minimum absolute atomic E-state index is 0.160. The van der Waals surface area contributed by atoms with Crippen molar-refractivity contribution >= 4 is 57.5 Å². The summed E-state index contributed by atoms with van der Waals surface area (Å²) in [6, 6.07) is 2.93. The predicted molar refractivity (Wildman–Crippen MR) is 105 cm³/mol. The van der Waals surface area contributed by atoms with E-state index in [1.807, 2.05) is 0 Å². The van der Waals surface area contributed by atoms with Crippen LogP contribution in [0.4, 0.5) is 24.8 Å². The average Bonchev–Trinajstić information content (AvgIpc) is 3.35. The molecule has 2 aliphatic rings. The van der Waals surface area contributed by atoms with Gasteiger partial charge in [0.25, 0.3) is 0 Å². The third-order valence-electron chi connectivity index (χ3n) is 5.08. The maximum Gasteiger partial charge on any atom is 0.409 e. The van der Waals surface area contributed by atoms with Gasteiger partial charge in [-0.25, -0.2) is 14.6 Å². The van der Waals surface area contributed by atoms with Crippen LogP contribution in [0.3, 0.4) is 0 Å². The summed E-state index contributed by atoms with van der Waals surface area (Å²) in [5.41, 5.74) is 0.966. The summed E-state index contributed by atoms with van der Waals surface area (Å²) < 4.78 is 18.0. The standard InChI is InChI=1S/C17H15Cl2FN4O3S/c1-27-16(26)23-3-2-17(7-23)8-24(12-5-11(19)10(18)4-9(12)17)15(25)22-14-21-6-13(20)28-14/h4-6H,2-3,7-8H2,1H3,(H,21,22,25)/t17-/m1/s1. The number of methoxy groups -OCH3 is 1. The summed E-state index contributed by atoms with van der Waals surface area (Å²) in [5.74, 6) is 0. The zero-order chi connectivity index (χ0) is 20.1. The second kappa shape index (κ2) is 7.06. The zero-order valence-electron chi connectivity index (χ0n) is 14.7. The van der Waals surface area contributed by atoms with E-state index in [0.717, 1.165) is 23.1 Å². The number of rotatable bonds is 1. The van der Waals surface area contributed by atoms with Gasteiger partial charge in [0.15, 0.2) is 10.3 Å². The van der Waals surface area contributed by atoms with Crippen LogP contribution in [0.25, 0.3) is 0 Å². The molecule has 0 radical (unpaired) electrons. The van der Waals surface area contributed by atoms with Crippen LogP contribution < -0.4 is 10.2 Å². The molecule has 1 aromatic heterocycles. The Bertz CT molecular complexity index is 972. The van der Waals surface area contributed by atoms with Crippen molar-refractivity contribution in [1.29, 1.82) is 0 Å². The molecule has 0 aliphatic carbocycles. The van der Waals surface area contributed by atoms with Crippen LogP contribution in [0.1, 0.15) is 12.0 Å². The molecule has 4 rings (SSSR count). The first kappa shape index (κ1) is 19.2. The number of hydrogen-bond donors (Lipinski definition) is 1. The van der Waals surface area contributed by atoms with Crippen molar-refractivity contribution in [2.75, 3.05) is 37.0 Å². The Balaban J connectivity index is 1.68. The lowest BCUT2D eigenvalue weighted by Crippen LogP contribution is -2.41. The Kier molecular flexibility index (Phi) is 4.84. The monoisotopic (exact) mass is 444 g/mol. The summed E-state index contributed by atoms with van der Waals surface area (Å²) in [4.78, 5) is 31.8. The molecule has 1 atom stereocenters. The molecule has 0 bridgehead atoms. The number of ether oxygens (including phenoxy) is 1. The molecule has 1 fully saturated rings. The number of carbonyl (C=O) groups excluding carboxylic acids is 2. The predicted octanol–water partition coefficient (Wildman–Crippen LogP) is 4.35. The normalized spacial score (nSPS) is 20.6. The van der Waals surface area contributed by atoms with Gasteiger partial charge in [-0.1, -0.05) is 34.5 Å². The number of amides is 3. The Morgan fingerprint density at radius 1 is 1.32 bits per heavy atom. The van der Waals surface area contributed by atoms with Gasteiger partial charge in [0.2, 0.25) is 0 Å². The molecule has 0 unspecified atom stereocenters. The number of nitrogens with one attached hydrogen (secondary N) is 1. The summed E-state index contributed by atoms with van der Waals surface area (Å²) in [5, 5.41) is 2.96. The van der Waals surface area contributed by atoms with Crippen LogP contribution in [0.15, 0.2) is 18.3 Å². The zero-order valence-corrected chi connectivity index (χ0v) is 17.0. The van der Waals surface area contributed by atoms with E-state index in [9.17, 15) is 14.0 Å². The fourth-order valence-corrected chi connectivity index (χ4v) is 4.67. The SMILES string of the molecule is COC(=O)N1CC[C@@]2(C1)CN(C(=O)Nc1ncc(F)s1)c1cc(Cl)c(Cl)cc12. The van der Waals surface area contributed by atoms with Gasteiger partial charge < -0.3 is 9.64 Å². The molecule has 28 heavy (non-hydrogen) atoms. The van der Waals surface area contributed by atoms with E-state index < -0.39 is 22.7 Å². The Hall–Kier alpha value is -2.10. The number of fused-ring (bicyclic) bond motifs is 2. The molecule has 1 saturated heterocycles. The molecule has 1 aromatic carbocycles. The summed E-state index contributed by atoms with van der Waals surface area (Å²) >= 11 is 13.2. The third kappa shape index (κ3) is 3.17. The van der Waals surface area contributed by atoms with Gasteiger partial charge >= 0.3 is 12.1 Å². The lowest BCUT2D eigenvalue weighted by atomic mass is 9.81. The highest BCUT2D eigenvalue weighted by atomic mass is 35.5. The van der Waals surface area contributed by atoms with Gasteiger partial charge in [-0.05, 0) is 24.1 Å². The molecule has 1 N–H and O–H groups in total. The number of aromatic nitrogens is 1. The second-order valence-corrected chi connectivity index (χ2v) is 8.49. The van der Waals surface area contributed by atoms with Gasteiger partial charge in [-0.2, -0.15) is 4.39 Å². The minimum Gasteiger partial charge on any atom is -0.453 e. The summed E-state index contributed by atoms with van der Waals surface area (Å²) in [7, 11) is 1.33. The molecular formula is C17H15Cl2FN4O3S. The highest BCUT2D eigenvalue weighted by Crippen LogP contribution is 2.49. The number of hydrogen-bond acceptors (Lipinski definition) is 5. The highest BCUT2D eigenvalue weighted by Gasteiger charge is 2.50. The number of likely N-dealkylation sites (tertiary alicyclic amines) is 1. The number of carbonyl (C=O) groups is 2. The quantitative estimate of drug-likeness (QED) is 0.709. The van der Waals surface area contributed by atoms with Crippen LogP contribution >= 0.6 is 34.5 Å². The number of anilines is 2. The van der Waals surface area contributed by atoms with Crippen LogP contribution in [0.2, 0.25) is 10.0 Å². The number of halogens is 3. The molecule has 2 aliphatic heterocycles. The van der Waals surface area contributed by atoms with Crippen LogP contribution in [-0.4, -0.2) is 48.8 Å². The average molecular weight is 445 g/mol. The van der Waals surface area contributed by atoms with Gasteiger partial charge in [-0.3, -0.25) is 10.2 Å². The van der Waals surface area contributed by atoms with E-state index in [-0.39, 0.29) is 5.13 Å². The van der Waals surface area contributed by atoms with Crippen molar-refractivity contribution in [3.63, 3.8) is 0 Å². The second-order valence-electron chi connectivity index (χ2n) is 6.69. The van der Waals surface area contributed by atoms with Gasteiger partial charge in [-0.15, -0.1) is 0 Å². The molecule has 3 heterocycles. The van der Waals surface area contributed by atoms with E-state index >= 15 is 0 Å². The molecule has 11 heteroatoms. The molecule has 148 valence electrons. The lowest BCUT2D eigenvalue weighted by molar-refractivity contribution is 0.131. The first-order valence-corrected chi connectivity index (χ1v) is 9.92. The van der Waals surface area contributed by atoms with E-state index in [1.54, 1.807) is 17.0 Å². The number of thiazole rings is 1. The Labute approximate surface area is 174 Å². The lowest BCUT2D eigenvalue weighted by Gasteiger charge is -2.25. The number of nitrogens with zero attached hydrogens (tertiary/aromatic N) is 3. The first-order valence-electron chi connectivity index (χ1n) is 8.35. The van der Waals surface area contributed by atoms with Crippen molar-refractivity contribution in [3.8, 4) is 0 Å². The molecule has 7 nitrogen and oxygen atoms in total. The van der Waals surface area contributed by atoms with Crippen LogP contribution in [0.5, 0.6) is 0 Å². The summed E-state index contributed by atoms with van der Waals surface area (Å²) in [6.07, 6.45) is 1.27. The Morgan fingerprint density at radius 3 is 2.75 bits per heavy atom. The van der Waals surface area contributed by atoms with E-state index in [4.69, 9.17) is 27.9 Å². The molecule has 1 spiro atoms. The largest absolute Gasteiger partial charge is 0.453 e. The number of benzene rings is 1. The maximum absolute atomic E-state index is 13.2. The van der Waals surface area contributed by atoms with Gasteiger partial charge in [0.1, 0.15) is 0 Å². The molecule has 2 aromatic rings. The molecular weight excluding hydrogens is 430 g/mol. The third-order valence-corrected chi connectivity index (χ3v) is 6.51. The van der Waals surface area contributed by atoms with Gasteiger partial charge in [0.05, 0.1) is 29.0 Å². The van der Waals surface area contributed by atoms with Crippen molar-refractivity contribution in [1.82, 2.24) is 9.88 Å². The fraction of sp³-hybridized carbons (Fsp3) is 0.353. The van der Waals surface area contributed by atoms with E-state index in [1.165, 1.54) is 12.0 Å². The molecule has 0 saturated carbocycles.